The van der Waals surface area contributed by atoms with E-state index in [0.29, 0.717) is 32.4 Å². The van der Waals surface area contributed by atoms with Crippen LogP contribution in [0.5, 0.6) is 0 Å². The van der Waals surface area contributed by atoms with Crippen LogP contribution >= 0.6 is 0 Å². The Hall–Kier alpha value is -1.79. The quantitative estimate of drug-likeness (QED) is 0.580. The number of nitrogens with zero attached hydrogens (tertiary/aromatic N) is 1. The summed E-state index contributed by atoms with van der Waals surface area (Å²) in [5.74, 6) is -0.701. The second-order valence-electron chi connectivity index (χ2n) is 6.82. The Bertz CT molecular complexity index is 446. The van der Waals surface area contributed by atoms with Gasteiger partial charge in [0, 0.05) is 19.5 Å². The van der Waals surface area contributed by atoms with Gasteiger partial charge < -0.3 is 19.1 Å². The normalized spacial score (nSPS) is 17.3. The first-order valence-corrected chi connectivity index (χ1v) is 7.77. The zero-order chi connectivity index (χ0) is 17.7. The van der Waals surface area contributed by atoms with Gasteiger partial charge in [-0.15, -0.1) is 0 Å². The largest absolute Gasteiger partial charge is 0.469 e. The Kier molecular flexibility index (Phi) is 6.41. The van der Waals surface area contributed by atoms with Gasteiger partial charge in [-0.05, 0) is 40.0 Å². The lowest BCUT2D eigenvalue weighted by Crippen LogP contribution is -2.48. The van der Waals surface area contributed by atoms with Crippen LogP contribution in [0.25, 0.3) is 0 Å². The van der Waals surface area contributed by atoms with E-state index in [1.807, 2.05) is 20.8 Å². The van der Waals surface area contributed by atoms with Crippen molar-refractivity contribution < 1.29 is 28.6 Å². The van der Waals surface area contributed by atoms with Gasteiger partial charge in [-0.1, -0.05) is 0 Å². The summed E-state index contributed by atoms with van der Waals surface area (Å²) in [6.07, 6.45) is 1.00. The van der Waals surface area contributed by atoms with E-state index in [0.717, 1.165) is 0 Å². The molecule has 0 aromatic carbocycles. The minimum absolute atomic E-state index is 0.151. The molecule has 1 amide bonds. The highest BCUT2D eigenvalue weighted by atomic mass is 16.6. The molecule has 7 heteroatoms. The zero-order valence-electron chi connectivity index (χ0n) is 14.6. The molecule has 7 nitrogen and oxygen atoms in total. The monoisotopic (exact) mass is 329 g/mol. The fourth-order valence-electron chi connectivity index (χ4n) is 2.66. The van der Waals surface area contributed by atoms with E-state index < -0.39 is 11.0 Å². The fraction of sp³-hybridized carbons (Fsp3) is 0.812. The first kappa shape index (κ1) is 19.3. The van der Waals surface area contributed by atoms with E-state index in [1.54, 1.807) is 4.90 Å². The molecule has 0 atom stereocenters. The molecule has 0 unspecified atom stereocenters. The molecule has 0 bridgehead atoms. The molecule has 0 N–H and O–H groups in total. The lowest BCUT2D eigenvalue weighted by Gasteiger charge is -2.39. The number of likely N-dealkylation sites (tertiary alicyclic amines) is 1. The van der Waals surface area contributed by atoms with Gasteiger partial charge in [0.1, 0.15) is 5.60 Å². The van der Waals surface area contributed by atoms with E-state index in [2.05, 4.69) is 4.74 Å². The predicted molar refractivity (Wildman–Crippen MR) is 82.7 cm³/mol. The van der Waals surface area contributed by atoms with Crippen molar-refractivity contribution in [3.8, 4) is 0 Å². The van der Waals surface area contributed by atoms with Gasteiger partial charge in [0.25, 0.3) is 0 Å². The van der Waals surface area contributed by atoms with Crippen LogP contribution in [0, 0.1) is 5.41 Å². The molecule has 1 rings (SSSR count). The molecular weight excluding hydrogens is 302 g/mol. The molecule has 132 valence electrons. The minimum atomic E-state index is -0.749. The van der Waals surface area contributed by atoms with E-state index in [9.17, 15) is 14.4 Å². The second-order valence-corrected chi connectivity index (χ2v) is 6.82. The molecule has 1 saturated heterocycles. The Labute approximate surface area is 137 Å². The maximum absolute atomic E-state index is 12.2. The van der Waals surface area contributed by atoms with Crippen molar-refractivity contribution >= 4 is 18.0 Å². The Morgan fingerprint density at radius 2 is 1.61 bits per heavy atom. The van der Waals surface area contributed by atoms with Crippen LogP contribution in [0.3, 0.4) is 0 Å². The maximum Gasteiger partial charge on any atom is 0.410 e. The summed E-state index contributed by atoms with van der Waals surface area (Å²) in [5, 5.41) is 0. The van der Waals surface area contributed by atoms with Crippen molar-refractivity contribution in [1.82, 2.24) is 4.90 Å². The van der Waals surface area contributed by atoms with Crippen molar-refractivity contribution in [3.63, 3.8) is 0 Å². The van der Waals surface area contributed by atoms with Crippen molar-refractivity contribution in [1.29, 1.82) is 0 Å². The van der Waals surface area contributed by atoms with Crippen LogP contribution < -0.4 is 0 Å². The summed E-state index contributed by atoms with van der Waals surface area (Å²) in [7, 11) is 2.65. The van der Waals surface area contributed by atoms with E-state index in [4.69, 9.17) is 9.47 Å². The summed E-state index contributed by atoms with van der Waals surface area (Å²) in [6, 6.07) is 0. The third kappa shape index (κ3) is 5.41. The average molecular weight is 329 g/mol. The van der Waals surface area contributed by atoms with Crippen molar-refractivity contribution in [3.05, 3.63) is 0 Å². The number of esters is 2. The maximum atomic E-state index is 12.2. The Morgan fingerprint density at radius 3 is 2.04 bits per heavy atom. The molecule has 1 aliphatic rings. The van der Waals surface area contributed by atoms with Crippen LogP contribution in [0.2, 0.25) is 0 Å². The molecule has 1 heterocycles. The van der Waals surface area contributed by atoms with Gasteiger partial charge in [0.05, 0.1) is 19.6 Å². The van der Waals surface area contributed by atoms with Gasteiger partial charge in [-0.2, -0.15) is 0 Å². The second kappa shape index (κ2) is 7.66. The number of hydrogen-bond donors (Lipinski definition) is 0. The van der Waals surface area contributed by atoms with E-state index in [-0.39, 0.29) is 24.5 Å². The predicted octanol–water partition coefficient (Wildman–Crippen LogP) is 2.13. The lowest BCUT2D eigenvalue weighted by atomic mass is 9.75. The summed E-state index contributed by atoms with van der Waals surface area (Å²) in [4.78, 5) is 37.2. The summed E-state index contributed by atoms with van der Waals surface area (Å²) in [5.41, 5.74) is -1.31. The molecule has 23 heavy (non-hydrogen) atoms. The van der Waals surface area contributed by atoms with Gasteiger partial charge in [0.15, 0.2) is 0 Å². The van der Waals surface area contributed by atoms with Crippen LogP contribution in [-0.4, -0.2) is 55.8 Å². The van der Waals surface area contributed by atoms with Crippen molar-refractivity contribution in [2.45, 2.75) is 52.1 Å². The third-order valence-corrected chi connectivity index (χ3v) is 4.03. The smallest absolute Gasteiger partial charge is 0.410 e. The van der Waals surface area contributed by atoms with Crippen LogP contribution in [0.4, 0.5) is 4.79 Å². The number of hydrogen-bond acceptors (Lipinski definition) is 6. The number of rotatable bonds is 4. The van der Waals surface area contributed by atoms with Crippen molar-refractivity contribution in [2.24, 2.45) is 5.41 Å². The lowest BCUT2D eigenvalue weighted by molar-refractivity contribution is -0.157. The molecule has 0 aromatic rings. The van der Waals surface area contributed by atoms with Crippen LogP contribution in [0.15, 0.2) is 0 Å². The van der Waals surface area contributed by atoms with Gasteiger partial charge >= 0.3 is 18.0 Å². The van der Waals surface area contributed by atoms with Crippen LogP contribution in [-0.2, 0) is 23.8 Å². The van der Waals surface area contributed by atoms with Gasteiger partial charge in [-0.25, -0.2) is 4.79 Å². The summed E-state index contributed by atoms with van der Waals surface area (Å²) >= 11 is 0. The topological polar surface area (TPSA) is 82.1 Å². The SMILES string of the molecule is COC(=O)CCC1(C(=O)OC)CCN(C(=O)OC(C)(C)C)CC1. The highest BCUT2D eigenvalue weighted by Gasteiger charge is 2.44. The molecule has 0 aromatic heterocycles. The third-order valence-electron chi connectivity index (χ3n) is 4.03. The van der Waals surface area contributed by atoms with E-state index >= 15 is 0 Å². The van der Waals surface area contributed by atoms with E-state index in [1.165, 1.54) is 14.2 Å². The molecule has 0 saturated carbocycles. The first-order chi connectivity index (χ1) is 10.6. The standard InChI is InChI=1S/C16H27NO6/c1-15(2,3)23-14(20)17-10-8-16(9-11-17,13(19)22-5)7-6-12(18)21-4/h6-11H2,1-5H3. The molecule has 0 aliphatic carbocycles. The summed E-state index contributed by atoms with van der Waals surface area (Å²) in [6.45, 7) is 6.22. The number of piperidine rings is 1. The van der Waals surface area contributed by atoms with Crippen molar-refractivity contribution in [2.75, 3.05) is 27.3 Å². The zero-order valence-corrected chi connectivity index (χ0v) is 14.6. The van der Waals surface area contributed by atoms with Crippen LogP contribution in [0.1, 0.15) is 46.5 Å². The minimum Gasteiger partial charge on any atom is -0.469 e. The molecule has 0 radical (unpaired) electrons. The van der Waals surface area contributed by atoms with Gasteiger partial charge in [0.2, 0.25) is 0 Å². The first-order valence-electron chi connectivity index (χ1n) is 7.77. The average Bonchev–Trinajstić information content (AvgIpc) is 2.50. The number of methoxy groups -OCH3 is 2. The number of carbonyl (C=O) groups excluding carboxylic acids is 3. The molecule has 1 fully saturated rings. The number of ether oxygens (including phenoxy) is 3. The Balaban J connectivity index is 2.70. The van der Waals surface area contributed by atoms with Gasteiger partial charge in [-0.3, -0.25) is 9.59 Å². The highest BCUT2D eigenvalue weighted by Crippen LogP contribution is 2.38. The summed E-state index contributed by atoms with van der Waals surface area (Å²) < 4.78 is 14.9. The molecule has 0 spiro atoms. The Morgan fingerprint density at radius 1 is 1.04 bits per heavy atom. The fourth-order valence-corrected chi connectivity index (χ4v) is 2.66. The molecule has 1 aliphatic heterocycles. The number of carbonyl (C=O) groups is 3. The highest BCUT2D eigenvalue weighted by molar-refractivity contribution is 5.79. The number of amides is 1. The molecular formula is C16H27NO6.